The van der Waals surface area contributed by atoms with Crippen molar-refractivity contribution in [3.05, 3.63) is 94.5 Å². The van der Waals surface area contributed by atoms with Crippen LogP contribution in [0.4, 0.5) is 18.9 Å². The fraction of sp³-hybridized carbons (Fsp3) is 0.208. The minimum absolute atomic E-state index is 0.368. The molecule has 0 saturated heterocycles. The molecule has 3 aromatic carbocycles. The van der Waals surface area contributed by atoms with Crippen molar-refractivity contribution >= 4 is 27.5 Å². The van der Waals surface area contributed by atoms with Gasteiger partial charge >= 0.3 is 6.18 Å². The van der Waals surface area contributed by atoms with Crippen LogP contribution in [0, 0.1) is 0 Å². The summed E-state index contributed by atoms with van der Waals surface area (Å²) >= 11 is 3.51. The van der Waals surface area contributed by atoms with Crippen LogP contribution >= 0.6 is 15.9 Å². The second-order valence-electron chi connectivity index (χ2n) is 7.24. The molecule has 0 fully saturated rings. The summed E-state index contributed by atoms with van der Waals surface area (Å²) in [6.45, 7) is 0. The van der Waals surface area contributed by atoms with Crippen molar-refractivity contribution in [1.29, 1.82) is 0 Å². The molecule has 0 spiro atoms. The number of halogens is 4. The van der Waals surface area contributed by atoms with Crippen LogP contribution in [0.2, 0.25) is 0 Å². The second kappa shape index (κ2) is 8.75. The SMILES string of the molecule is COc1ccc(N2C(C(F)(F)F)=N[C@@H](Cc3ccccc3Br)[C@H]2c2ccccc2)cc1. The van der Waals surface area contributed by atoms with Gasteiger partial charge in [-0.15, -0.1) is 0 Å². The second-order valence-corrected chi connectivity index (χ2v) is 8.09. The summed E-state index contributed by atoms with van der Waals surface area (Å²) in [6, 6.07) is 22.2. The smallest absolute Gasteiger partial charge is 0.449 e. The van der Waals surface area contributed by atoms with Crippen molar-refractivity contribution in [3.8, 4) is 5.75 Å². The number of benzene rings is 3. The first-order valence-corrected chi connectivity index (χ1v) is 10.5. The van der Waals surface area contributed by atoms with Crippen molar-refractivity contribution in [2.24, 2.45) is 4.99 Å². The molecule has 0 amide bonds. The summed E-state index contributed by atoms with van der Waals surface area (Å²) in [5, 5.41) is 0. The minimum Gasteiger partial charge on any atom is -0.497 e. The van der Waals surface area contributed by atoms with E-state index in [2.05, 4.69) is 20.9 Å². The Labute approximate surface area is 187 Å². The summed E-state index contributed by atoms with van der Waals surface area (Å²) in [5.74, 6) is -0.307. The topological polar surface area (TPSA) is 24.8 Å². The number of rotatable bonds is 5. The fourth-order valence-corrected chi connectivity index (χ4v) is 4.34. The molecule has 0 radical (unpaired) electrons. The molecule has 3 aromatic rings. The maximum atomic E-state index is 14.1. The quantitative estimate of drug-likeness (QED) is 0.404. The molecule has 0 N–H and O–H groups in total. The average molecular weight is 489 g/mol. The molecule has 0 aromatic heterocycles. The van der Waals surface area contributed by atoms with Crippen molar-refractivity contribution in [1.82, 2.24) is 0 Å². The van der Waals surface area contributed by atoms with E-state index in [0.29, 0.717) is 17.9 Å². The van der Waals surface area contributed by atoms with Gasteiger partial charge in [0.15, 0.2) is 0 Å². The summed E-state index contributed by atoms with van der Waals surface area (Å²) < 4.78 is 48.4. The van der Waals surface area contributed by atoms with Crippen LogP contribution in [0.25, 0.3) is 0 Å². The van der Waals surface area contributed by atoms with E-state index in [1.807, 2.05) is 54.6 Å². The van der Waals surface area contributed by atoms with Crippen LogP contribution < -0.4 is 9.64 Å². The molecule has 31 heavy (non-hydrogen) atoms. The molecule has 2 atom stereocenters. The van der Waals surface area contributed by atoms with Gasteiger partial charge in [0.05, 0.1) is 19.2 Å². The zero-order chi connectivity index (χ0) is 22.0. The van der Waals surface area contributed by atoms with Crippen molar-refractivity contribution in [2.75, 3.05) is 12.0 Å². The van der Waals surface area contributed by atoms with Gasteiger partial charge in [0.2, 0.25) is 5.84 Å². The third-order valence-electron chi connectivity index (χ3n) is 5.29. The van der Waals surface area contributed by atoms with Gasteiger partial charge in [0, 0.05) is 10.2 Å². The van der Waals surface area contributed by atoms with Crippen LogP contribution in [0.1, 0.15) is 17.2 Å². The zero-order valence-corrected chi connectivity index (χ0v) is 18.3. The summed E-state index contributed by atoms with van der Waals surface area (Å²) in [7, 11) is 1.52. The van der Waals surface area contributed by atoms with Crippen LogP contribution in [-0.4, -0.2) is 25.2 Å². The van der Waals surface area contributed by atoms with Crippen LogP contribution in [0.5, 0.6) is 5.75 Å². The third-order valence-corrected chi connectivity index (χ3v) is 6.06. The summed E-state index contributed by atoms with van der Waals surface area (Å²) in [6.07, 6.45) is -4.22. The first-order valence-electron chi connectivity index (χ1n) is 9.75. The Balaban J connectivity index is 1.83. The van der Waals surface area contributed by atoms with Crippen LogP contribution in [0.3, 0.4) is 0 Å². The number of alkyl halides is 3. The number of hydrogen-bond donors (Lipinski definition) is 0. The Morgan fingerprint density at radius 3 is 2.19 bits per heavy atom. The standard InChI is InChI=1S/C24H20BrF3N2O/c1-31-19-13-11-18(12-14-19)30-22(16-7-3-2-4-8-16)21(29-23(30)24(26,27)28)15-17-9-5-6-10-20(17)25/h2-14,21-22H,15H2,1H3/t21-,22+/m0/s1. The lowest BCUT2D eigenvalue weighted by atomic mass is 9.93. The molecular weight excluding hydrogens is 469 g/mol. The van der Waals surface area contributed by atoms with E-state index in [1.54, 1.807) is 24.3 Å². The molecular formula is C24H20BrF3N2O. The van der Waals surface area contributed by atoms with Crippen LogP contribution in [-0.2, 0) is 6.42 Å². The van der Waals surface area contributed by atoms with Gasteiger partial charge in [0.1, 0.15) is 5.75 Å². The molecule has 3 nitrogen and oxygen atoms in total. The largest absolute Gasteiger partial charge is 0.497 e. The van der Waals surface area contributed by atoms with Gasteiger partial charge in [-0.05, 0) is 47.9 Å². The molecule has 0 aliphatic carbocycles. The number of aliphatic imine (C=N–C) groups is 1. The van der Waals surface area contributed by atoms with Gasteiger partial charge in [-0.2, -0.15) is 13.2 Å². The average Bonchev–Trinajstić information content (AvgIpc) is 3.16. The molecule has 1 heterocycles. The maximum Gasteiger partial charge on any atom is 0.449 e. The molecule has 7 heteroatoms. The highest BCUT2D eigenvalue weighted by molar-refractivity contribution is 9.10. The lowest BCUT2D eigenvalue weighted by Gasteiger charge is -2.31. The van der Waals surface area contributed by atoms with Gasteiger partial charge in [0.25, 0.3) is 0 Å². The lowest BCUT2D eigenvalue weighted by molar-refractivity contribution is -0.0598. The summed E-state index contributed by atoms with van der Waals surface area (Å²) in [4.78, 5) is 5.52. The van der Waals surface area contributed by atoms with Crippen molar-refractivity contribution in [3.63, 3.8) is 0 Å². The highest BCUT2D eigenvalue weighted by atomic mass is 79.9. The zero-order valence-electron chi connectivity index (χ0n) is 16.7. The Kier molecular flexibility index (Phi) is 6.05. The molecule has 1 aliphatic heterocycles. The van der Waals surface area contributed by atoms with Gasteiger partial charge in [-0.3, -0.25) is 4.99 Å². The highest BCUT2D eigenvalue weighted by Crippen LogP contribution is 2.42. The lowest BCUT2D eigenvalue weighted by Crippen LogP contribution is -2.41. The van der Waals surface area contributed by atoms with E-state index in [-0.39, 0.29) is 0 Å². The third kappa shape index (κ3) is 4.46. The number of amidine groups is 1. The predicted molar refractivity (Wildman–Crippen MR) is 120 cm³/mol. The number of ether oxygens (including phenoxy) is 1. The van der Waals surface area contributed by atoms with Crippen LogP contribution in [0.15, 0.2) is 88.3 Å². The van der Waals surface area contributed by atoms with Gasteiger partial charge < -0.3 is 9.64 Å². The Morgan fingerprint density at radius 1 is 0.935 bits per heavy atom. The molecule has 1 aliphatic rings. The highest BCUT2D eigenvalue weighted by Gasteiger charge is 2.49. The van der Waals surface area contributed by atoms with E-state index in [9.17, 15) is 13.2 Å². The van der Waals surface area contributed by atoms with E-state index in [1.165, 1.54) is 12.0 Å². The molecule has 4 rings (SSSR count). The Hall–Kier alpha value is -2.80. The Bertz CT molecular complexity index is 1070. The van der Waals surface area contributed by atoms with Crippen molar-refractivity contribution < 1.29 is 17.9 Å². The van der Waals surface area contributed by atoms with E-state index < -0.39 is 24.1 Å². The Morgan fingerprint density at radius 2 is 1.58 bits per heavy atom. The number of methoxy groups -OCH3 is 1. The maximum absolute atomic E-state index is 14.1. The number of anilines is 1. The van der Waals surface area contributed by atoms with E-state index in [0.717, 1.165) is 15.6 Å². The van der Waals surface area contributed by atoms with Crippen molar-refractivity contribution in [2.45, 2.75) is 24.7 Å². The van der Waals surface area contributed by atoms with E-state index in [4.69, 9.17) is 4.74 Å². The number of hydrogen-bond acceptors (Lipinski definition) is 3. The van der Waals surface area contributed by atoms with Gasteiger partial charge in [-0.1, -0.05) is 64.5 Å². The first-order chi connectivity index (χ1) is 14.9. The summed E-state index contributed by atoms with van der Waals surface area (Å²) in [5.41, 5.74) is 2.11. The molecule has 0 unspecified atom stereocenters. The number of nitrogens with zero attached hydrogens (tertiary/aromatic N) is 2. The van der Waals surface area contributed by atoms with E-state index >= 15 is 0 Å². The minimum atomic E-state index is -4.59. The normalized spacial score (nSPS) is 18.7. The van der Waals surface area contributed by atoms with Gasteiger partial charge in [-0.25, -0.2) is 0 Å². The predicted octanol–water partition coefficient (Wildman–Crippen LogP) is 6.59. The molecule has 0 saturated carbocycles. The monoisotopic (exact) mass is 488 g/mol. The fourth-order valence-electron chi connectivity index (χ4n) is 3.90. The molecule has 0 bridgehead atoms. The first kappa shape index (κ1) is 21.4. The molecule has 160 valence electrons.